The summed E-state index contributed by atoms with van der Waals surface area (Å²) >= 11 is 0. The lowest BCUT2D eigenvalue weighted by molar-refractivity contribution is 0.579. The minimum absolute atomic E-state index is 0.125. The van der Waals surface area contributed by atoms with Crippen LogP contribution < -0.4 is 10.5 Å². The minimum Gasteiger partial charge on any atom is -0.398 e. The summed E-state index contributed by atoms with van der Waals surface area (Å²) < 4.78 is 26.7. The van der Waals surface area contributed by atoms with Gasteiger partial charge in [-0.25, -0.2) is 13.1 Å². The van der Waals surface area contributed by atoms with Crippen molar-refractivity contribution >= 4 is 15.7 Å². The molecule has 6 nitrogen and oxygen atoms in total. The minimum atomic E-state index is -3.54. The van der Waals surface area contributed by atoms with E-state index in [0.717, 1.165) is 17.7 Å². The first-order chi connectivity index (χ1) is 9.50. The predicted molar refractivity (Wildman–Crippen MR) is 77.7 cm³/mol. The number of aromatic amines is 1. The molecule has 1 aromatic carbocycles. The van der Waals surface area contributed by atoms with Gasteiger partial charge in [0.25, 0.3) is 0 Å². The van der Waals surface area contributed by atoms with E-state index in [1.54, 1.807) is 24.4 Å². The average Bonchev–Trinajstić information content (AvgIpc) is 2.81. The number of benzene rings is 1. The highest BCUT2D eigenvalue weighted by Crippen LogP contribution is 2.16. The third-order valence-electron chi connectivity index (χ3n) is 3.06. The zero-order valence-electron chi connectivity index (χ0n) is 11.3. The molecule has 4 N–H and O–H groups in total. The molecule has 0 radical (unpaired) electrons. The van der Waals surface area contributed by atoms with Crippen molar-refractivity contribution in [3.05, 3.63) is 41.7 Å². The predicted octanol–water partition coefficient (Wildman–Crippen LogP) is 1.21. The first kappa shape index (κ1) is 14.5. The van der Waals surface area contributed by atoms with Gasteiger partial charge < -0.3 is 5.73 Å². The van der Waals surface area contributed by atoms with Crippen molar-refractivity contribution in [1.29, 1.82) is 0 Å². The smallest absolute Gasteiger partial charge is 0.242 e. The second-order valence-corrected chi connectivity index (χ2v) is 6.29. The van der Waals surface area contributed by atoms with E-state index in [4.69, 9.17) is 5.73 Å². The van der Waals surface area contributed by atoms with Crippen molar-refractivity contribution in [2.75, 3.05) is 12.3 Å². The summed E-state index contributed by atoms with van der Waals surface area (Å²) in [6.45, 7) is 2.30. The third kappa shape index (κ3) is 3.37. The highest BCUT2D eigenvalue weighted by Gasteiger charge is 2.15. The van der Waals surface area contributed by atoms with Gasteiger partial charge in [-0.05, 0) is 37.5 Å². The maximum atomic E-state index is 12.1. The Kier molecular flexibility index (Phi) is 4.41. The topological polar surface area (TPSA) is 101 Å². The molecule has 108 valence electrons. The molecule has 0 saturated heterocycles. The molecular formula is C13H18N4O2S. The Hall–Kier alpha value is -1.86. The third-order valence-corrected chi connectivity index (χ3v) is 4.59. The maximum absolute atomic E-state index is 12.1. The van der Waals surface area contributed by atoms with Crippen molar-refractivity contribution in [1.82, 2.24) is 14.9 Å². The molecular weight excluding hydrogens is 276 g/mol. The van der Waals surface area contributed by atoms with Crippen LogP contribution in [0.1, 0.15) is 17.7 Å². The van der Waals surface area contributed by atoms with Crippen LogP contribution in [0.5, 0.6) is 0 Å². The molecule has 2 rings (SSSR count). The highest BCUT2D eigenvalue weighted by molar-refractivity contribution is 7.89. The van der Waals surface area contributed by atoms with Gasteiger partial charge in [-0.1, -0.05) is 12.1 Å². The van der Waals surface area contributed by atoms with E-state index >= 15 is 0 Å². The van der Waals surface area contributed by atoms with E-state index in [-0.39, 0.29) is 10.6 Å². The number of nitrogens with one attached hydrogen (secondary N) is 2. The molecule has 0 bridgehead atoms. The molecule has 0 atom stereocenters. The van der Waals surface area contributed by atoms with Crippen LogP contribution in [-0.4, -0.2) is 25.2 Å². The van der Waals surface area contributed by atoms with E-state index in [1.807, 2.05) is 6.92 Å². The van der Waals surface area contributed by atoms with Gasteiger partial charge in [-0.15, -0.1) is 0 Å². The standard InChI is InChI=1S/C13H18N4O2S/c1-10-11(9-15-17-10)5-4-8-16-20(18,19)13-7-3-2-6-12(13)14/h2-3,6-7,9,16H,4-5,8,14H2,1H3,(H,15,17). The second kappa shape index (κ2) is 6.06. The van der Waals surface area contributed by atoms with E-state index in [9.17, 15) is 8.42 Å². The second-order valence-electron chi connectivity index (χ2n) is 4.56. The van der Waals surface area contributed by atoms with Crippen LogP contribution in [0.4, 0.5) is 5.69 Å². The van der Waals surface area contributed by atoms with Gasteiger partial charge in [0.05, 0.1) is 11.9 Å². The van der Waals surface area contributed by atoms with Crippen LogP contribution in [0.2, 0.25) is 0 Å². The summed E-state index contributed by atoms with van der Waals surface area (Å²) in [6.07, 6.45) is 3.24. The first-order valence-corrected chi connectivity index (χ1v) is 7.82. The molecule has 0 aliphatic heterocycles. The largest absolute Gasteiger partial charge is 0.398 e. The summed E-state index contributed by atoms with van der Waals surface area (Å²) in [4.78, 5) is 0.125. The van der Waals surface area contributed by atoms with Crippen LogP contribution in [0, 0.1) is 6.92 Å². The van der Waals surface area contributed by atoms with Crippen molar-refractivity contribution in [3.8, 4) is 0 Å². The first-order valence-electron chi connectivity index (χ1n) is 6.34. The molecule has 0 amide bonds. The van der Waals surface area contributed by atoms with Crippen LogP contribution in [0.3, 0.4) is 0 Å². The zero-order chi connectivity index (χ0) is 14.6. The Balaban J connectivity index is 1.91. The number of para-hydroxylation sites is 1. The van der Waals surface area contributed by atoms with Gasteiger partial charge in [-0.2, -0.15) is 5.10 Å². The van der Waals surface area contributed by atoms with Crippen LogP contribution >= 0.6 is 0 Å². The van der Waals surface area contributed by atoms with Crippen LogP contribution in [-0.2, 0) is 16.4 Å². The van der Waals surface area contributed by atoms with Gasteiger partial charge in [0.15, 0.2) is 0 Å². The lowest BCUT2D eigenvalue weighted by atomic mass is 10.1. The molecule has 20 heavy (non-hydrogen) atoms. The lowest BCUT2D eigenvalue weighted by Crippen LogP contribution is -2.25. The molecule has 0 fully saturated rings. The maximum Gasteiger partial charge on any atom is 0.242 e. The zero-order valence-corrected chi connectivity index (χ0v) is 12.1. The van der Waals surface area contributed by atoms with Crippen molar-refractivity contribution in [2.45, 2.75) is 24.7 Å². The fourth-order valence-electron chi connectivity index (χ4n) is 1.92. The molecule has 2 aromatic rings. The normalized spacial score (nSPS) is 11.7. The summed E-state index contributed by atoms with van der Waals surface area (Å²) in [5, 5.41) is 6.78. The molecule has 1 heterocycles. The number of rotatable bonds is 6. The fourth-order valence-corrected chi connectivity index (χ4v) is 3.12. The lowest BCUT2D eigenvalue weighted by Gasteiger charge is -2.08. The van der Waals surface area contributed by atoms with Crippen molar-refractivity contribution in [3.63, 3.8) is 0 Å². The summed E-state index contributed by atoms with van der Waals surface area (Å²) in [5.74, 6) is 0. The summed E-state index contributed by atoms with van der Waals surface area (Å²) in [5.41, 5.74) is 8.05. The molecule has 0 saturated carbocycles. The Morgan fingerprint density at radius 1 is 1.35 bits per heavy atom. The highest BCUT2D eigenvalue weighted by atomic mass is 32.2. The molecule has 0 unspecified atom stereocenters. The summed E-state index contributed by atoms with van der Waals surface area (Å²) in [7, 11) is -3.54. The van der Waals surface area contributed by atoms with E-state index in [0.29, 0.717) is 13.0 Å². The van der Waals surface area contributed by atoms with E-state index in [2.05, 4.69) is 14.9 Å². The van der Waals surface area contributed by atoms with Crippen LogP contribution in [0.25, 0.3) is 0 Å². The number of nitrogen functional groups attached to an aromatic ring is 1. The van der Waals surface area contributed by atoms with E-state index < -0.39 is 10.0 Å². The number of H-pyrrole nitrogens is 1. The van der Waals surface area contributed by atoms with E-state index in [1.165, 1.54) is 6.07 Å². The molecule has 0 aliphatic rings. The van der Waals surface area contributed by atoms with Gasteiger partial charge in [0.2, 0.25) is 10.0 Å². The Morgan fingerprint density at radius 2 is 2.10 bits per heavy atom. The number of aromatic nitrogens is 2. The van der Waals surface area contributed by atoms with Gasteiger partial charge >= 0.3 is 0 Å². The summed E-state index contributed by atoms with van der Waals surface area (Å²) in [6, 6.07) is 6.43. The average molecular weight is 294 g/mol. The molecule has 7 heteroatoms. The Labute approximate surface area is 118 Å². The van der Waals surface area contributed by atoms with Crippen molar-refractivity contribution in [2.24, 2.45) is 0 Å². The number of hydrogen-bond acceptors (Lipinski definition) is 4. The Morgan fingerprint density at radius 3 is 2.75 bits per heavy atom. The number of nitrogens with zero attached hydrogens (tertiary/aromatic N) is 1. The number of hydrogen-bond donors (Lipinski definition) is 3. The quantitative estimate of drug-likeness (QED) is 0.550. The number of nitrogens with two attached hydrogens (primary N) is 1. The number of aryl methyl sites for hydroxylation is 2. The monoisotopic (exact) mass is 294 g/mol. The van der Waals surface area contributed by atoms with Gasteiger partial charge in [0.1, 0.15) is 4.90 Å². The van der Waals surface area contributed by atoms with Crippen molar-refractivity contribution < 1.29 is 8.42 Å². The van der Waals surface area contributed by atoms with Gasteiger partial charge in [0, 0.05) is 12.2 Å². The number of anilines is 1. The van der Waals surface area contributed by atoms with Gasteiger partial charge in [-0.3, -0.25) is 5.10 Å². The molecule has 1 aromatic heterocycles. The van der Waals surface area contributed by atoms with Crippen LogP contribution in [0.15, 0.2) is 35.4 Å². The Bertz CT molecular complexity index is 679. The SMILES string of the molecule is Cc1[nH]ncc1CCCNS(=O)(=O)c1ccccc1N. The molecule has 0 spiro atoms. The molecule has 0 aliphatic carbocycles. The fraction of sp³-hybridized carbons (Fsp3) is 0.308. The number of sulfonamides is 1.